The van der Waals surface area contributed by atoms with Crippen molar-refractivity contribution in [3.05, 3.63) is 0 Å². The SMILES string of the molecule is CCCCCCC(C)NC(C)CS(C)=O. The highest BCUT2D eigenvalue weighted by Crippen LogP contribution is 2.05. The van der Waals surface area contributed by atoms with Crippen molar-refractivity contribution >= 4 is 10.8 Å². The van der Waals surface area contributed by atoms with Crippen molar-refractivity contribution in [3.63, 3.8) is 0 Å². The molecule has 1 N–H and O–H groups in total. The Morgan fingerprint density at radius 1 is 1.13 bits per heavy atom. The molecule has 0 aromatic heterocycles. The van der Waals surface area contributed by atoms with E-state index >= 15 is 0 Å². The van der Waals surface area contributed by atoms with Crippen LogP contribution in [0, 0.1) is 0 Å². The van der Waals surface area contributed by atoms with Crippen molar-refractivity contribution < 1.29 is 4.21 Å². The highest BCUT2D eigenvalue weighted by Gasteiger charge is 2.08. The molecule has 0 amide bonds. The molecule has 0 spiro atoms. The maximum Gasteiger partial charge on any atom is 0.0383 e. The molecule has 0 rings (SSSR count). The molecular weight excluding hydrogens is 206 g/mol. The van der Waals surface area contributed by atoms with Crippen LogP contribution in [0.3, 0.4) is 0 Å². The van der Waals surface area contributed by atoms with Crippen LogP contribution in [0.2, 0.25) is 0 Å². The highest BCUT2D eigenvalue weighted by atomic mass is 32.2. The zero-order valence-electron chi connectivity index (χ0n) is 10.7. The van der Waals surface area contributed by atoms with E-state index in [0.717, 1.165) is 5.75 Å². The summed E-state index contributed by atoms with van der Waals surface area (Å²) in [6.07, 6.45) is 8.31. The summed E-state index contributed by atoms with van der Waals surface area (Å²) in [5.74, 6) is 0.763. The van der Waals surface area contributed by atoms with E-state index < -0.39 is 10.8 Å². The van der Waals surface area contributed by atoms with E-state index in [1.165, 1.54) is 32.1 Å². The molecule has 0 aliphatic heterocycles. The second-order valence-electron chi connectivity index (χ2n) is 4.56. The number of hydrogen-bond donors (Lipinski definition) is 1. The summed E-state index contributed by atoms with van der Waals surface area (Å²) in [4.78, 5) is 0. The zero-order chi connectivity index (χ0) is 11.7. The van der Waals surface area contributed by atoms with Gasteiger partial charge in [0.15, 0.2) is 0 Å². The van der Waals surface area contributed by atoms with E-state index in [-0.39, 0.29) is 0 Å². The van der Waals surface area contributed by atoms with Crippen molar-refractivity contribution in [1.82, 2.24) is 5.32 Å². The van der Waals surface area contributed by atoms with E-state index in [2.05, 4.69) is 26.1 Å². The summed E-state index contributed by atoms with van der Waals surface area (Å²) in [5, 5.41) is 3.50. The Bertz CT molecular complexity index is 173. The molecule has 15 heavy (non-hydrogen) atoms. The van der Waals surface area contributed by atoms with Crippen LogP contribution in [0.15, 0.2) is 0 Å². The first kappa shape index (κ1) is 15.1. The topological polar surface area (TPSA) is 29.1 Å². The lowest BCUT2D eigenvalue weighted by molar-refractivity contribution is 0.447. The van der Waals surface area contributed by atoms with Crippen molar-refractivity contribution in [2.24, 2.45) is 0 Å². The van der Waals surface area contributed by atoms with Crippen LogP contribution in [-0.2, 0) is 10.8 Å². The van der Waals surface area contributed by atoms with Crippen molar-refractivity contribution in [1.29, 1.82) is 0 Å². The van der Waals surface area contributed by atoms with Gasteiger partial charge in [0.2, 0.25) is 0 Å². The second-order valence-corrected chi connectivity index (χ2v) is 6.04. The molecule has 0 radical (unpaired) electrons. The van der Waals surface area contributed by atoms with Gasteiger partial charge in [-0.15, -0.1) is 0 Å². The van der Waals surface area contributed by atoms with Gasteiger partial charge in [0.05, 0.1) is 0 Å². The quantitative estimate of drug-likeness (QED) is 0.620. The fourth-order valence-corrected chi connectivity index (χ4v) is 2.65. The Hall–Kier alpha value is 0.110. The second kappa shape index (κ2) is 9.34. The van der Waals surface area contributed by atoms with Crippen molar-refractivity contribution in [2.45, 2.75) is 65.0 Å². The summed E-state index contributed by atoms with van der Waals surface area (Å²) >= 11 is 0. The van der Waals surface area contributed by atoms with Gasteiger partial charge in [-0.3, -0.25) is 4.21 Å². The zero-order valence-corrected chi connectivity index (χ0v) is 11.5. The minimum atomic E-state index is -0.683. The molecule has 3 unspecified atom stereocenters. The molecule has 0 aromatic carbocycles. The third-order valence-corrected chi connectivity index (χ3v) is 3.51. The Morgan fingerprint density at radius 3 is 2.33 bits per heavy atom. The molecule has 0 heterocycles. The van der Waals surface area contributed by atoms with Crippen LogP contribution < -0.4 is 5.32 Å². The third-order valence-electron chi connectivity index (χ3n) is 2.54. The standard InChI is InChI=1S/C12H27NOS/c1-5-6-7-8-9-11(2)13-12(3)10-15(4)14/h11-13H,5-10H2,1-4H3. The van der Waals surface area contributed by atoms with Gasteiger partial charge in [-0.05, 0) is 20.3 Å². The summed E-state index contributed by atoms with van der Waals surface area (Å²) in [7, 11) is -0.683. The lowest BCUT2D eigenvalue weighted by Crippen LogP contribution is -2.37. The Morgan fingerprint density at radius 2 is 1.80 bits per heavy atom. The Balaban J connectivity index is 3.46. The average Bonchev–Trinajstić information content (AvgIpc) is 2.10. The maximum atomic E-state index is 11.0. The molecule has 2 nitrogen and oxygen atoms in total. The van der Waals surface area contributed by atoms with E-state index in [0.29, 0.717) is 12.1 Å². The van der Waals surface area contributed by atoms with Gasteiger partial charge < -0.3 is 5.32 Å². The Kier molecular flexibility index (Phi) is 9.41. The van der Waals surface area contributed by atoms with Gasteiger partial charge in [-0.2, -0.15) is 0 Å². The molecule has 0 fully saturated rings. The Labute approximate surface area is 97.7 Å². The van der Waals surface area contributed by atoms with Gasteiger partial charge in [0.25, 0.3) is 0 Å². The van der Waals surface area contributed by atoms with E-state index in [4.69, 9.17) is 0 Å². The van der Waals surface area contributed by atoms with Gasteiger partial charge in [-0.1, -0.05) is 32.6 Å². The largest absolute Gasteiger partial charge is 0.311 e. The summed E-state index contributed by atoms with van der Waals surface area (Å²) in [5.41, 5.74) is 0. The van der Waals surface area contributed by atoms with Crippen LogP contribution in [0.4, 0.5) is 0 Å². The molecule has 3 atom stereocenters. The number of rotatable bonds is 9. The summed E-state index contributed by atoms with van der Waals surface area (Å²) in [6.45, 7) is 6.57. The molecule has 0 saturated heterocycles. The smallest absolute Gasteiger partial charge is 0.0383 e. The third kappa shape index (κ3) is 10.4. The van der Waals surface area contributed by atoms with E-state index in [1.54, 1.807) is 6.26 Å². The number of nitrogens with one attached hydrogen (secondary N) is 1. The van der Waals surface area contributed by atoms with Crippen LogP contribution >= 0.6 is 0 Å². The predicted molar refractivity (Wildman–Crippen MR) is 69.8 cm³/mol. The summed E-state index contributed by atoms with van der Waals surface area (Å²) < 4.78 is 11.0. The fourth-order valence-electron chi connectivity index (χ4n) is 1.85. The first-order chi connectivity index (χ1) is 7.06. The number of unbranched alkanes of at least 4 members (excludes halogenated alkanes) is 3. The highest BCUT2D eigenvalue weighted by molar-refractivity contribution is 7.84. The van der Waals surface area contributed by atoms with E-state index in [1.807, 2.05) is 0 Å². The molecule has 0 aliphatic carbocycles. The van der Waals surface area contributed by atoms with Gasteiger partial charge in [-0.25, -0.2) is 0 Å². The summed E-state index contributed by atoms with van der Waals surface area (Å²) in [6, 6.07) is 0.928. The van der Waals surface area contributed by atoms with Crippen LogP contribution in [-0.4, -0.2) is 28.3 Å². The lowest BCUT2D eigenvalue weighted by Gasteiger charge is -2.19. The van der Waals surface area contributed by atoms with Crippen molar-refractivity contribution in [3.8, 4) is 0 Å². The van der Waals surface area contributed by atoms with Gasteiger partial charge >= 0.3 is 0 Å². The maximum absolute atomic E-state index is 11.0. The molecular formula is C12H27NOS. The fraction of sp³-hybridized carbons (Fsp3) is 1.00. The van der Waals surface area contributed by atoms with Gasteiger partial charge in [0.1, 0.15) is 0 Å². The first-order valence-corrected chi connectivity index (χ1v) is 7.85. The molecule has 0 aliphatic rings. The molecule has 0 saturated carbocycles. The van der Waals surface area contributed by atoms with Gasteiger partial charge in [0, 0.05) is 34.9 Å². The van der Waals surface area contributed by atoms with E-state index in [9.17, 15) is 4.21 Å². The average molecular weight is 233 g/mol. The first-order valence-electron chi connectivity index (χ1n) is 6.12. The van der Waals surface area contributed by atoms with Crippen LogP contribution in [0.5, 0.6) is 0 Å². The molecule has 3 heteroatoms. The minimum absolute atomic E-state index is 0.372. The van der Waals surface area contributed by atoms with Crippen molar-refractivity contribution in [2.75, 3.05) is 12.0 Å². The lowest BCUT2D eigenvalue weighted by atomic mass is 10.1. The predicted octanol–water partition coefficient (Wildman–Crippen LogP) is 2.70. The van der Waals surface area contributed by atoms with Crippen LogP contribution in [0.1, 0.15) is 52.9 Å². The monoisotopic (exact) mass is 233 g/mol. The number of hydrogen-bond acceptors (Lipinski definition) is 2. The molecule has 0 aromatic rings. The normalized spacial score (nSPS) is 17.3. The molecule has 92 valence electrons. The van der Waals surface area contributed by atoms with Crippen LogP contribution in [0.25, 0.3) is 0 Å². The molecule has 0 bridgehead atoms. The minimum Gasteiger partial charge on any atom is -0.311 e.